The summed E-state index contributed by atoms with van der Waals surface area (Å²) >= 11 is 0. The molecule has 0 saturated carbocycles. The highest BCUT2D eigenvalue weighted by atomic mass is 19.4. The van der Waals surface area contributed by atoms with Gasteiger partial charge in [-0.25, -0.2) is 0 Å². The Bertz CT molecular complexity index is 730. The van der Waals surface area contributed by atoms with Gasteiger partial charge in [-0.3, -0.25) is 19.4 Å². The summed E-state index contributed by atoms with van der Waals surface area (Å²) in [6.45, 7) is 7.82. The number of fused-ring (bicyclic) bond motifs is 1. The van der Waals surface area contributed by atoms with E-state index in [0.717, 1.165) is 44.9 Å². The topological polar surface area (TPSA) is 55.9 Å². The molecule has 9 heteroatoms. The van der Waals surface area contributed by atoms with Crippen LogP contribution in [0, 0.1) is 0 Å². The largest absolute Gasteiger partial charge is 0.416 e. The Morgan fingerprint density at radius 3 is 2.48 bits per heavy atom. The first-order valence-electron chi connectivity index (χ1n) is 8.99. The van der Waals surface area contributed by atoms with Crippen LogP contribution in [0.2, 0.25) is 0 Å². The third-order valence-corrected chi connectivity index (χ3v) is 5.22. The van der Waals surface area contributed by atoms with Crippen molar-refractivity contribution in [3.8, 4) is 0 Å². The summed E-state index contributed by atoms with van der Waals surface area (Å²) in [4.78, 5) is 30.6. The van der Waals surface area contributed by atoms with Crippen LogP contribution >= 0.6 is 0 Å². The highest BCUT2D eigenvalue weighted by Crippen LogP contribution is 2.37. The summed E-state index contributed by atoms with van der Waals surface area (Å²) in [5.41, 5.74) is -0.552. The summed E-state index contributed by atoms with van der Waals surface area (Å²) in [7, 11) is 0. The van der Waals surface area contributed by atoms with Gasteiger partial charge in [0.2, 0.25) is 11.8 Å². The van der Waals surface area contributed by atoms with E-state index >= 15 is 0 Å². The van der Waals surface area contributed by atoms with E-state index in [1.807, 2.05) is 4.90 Å². The molecule has 148 valence electrons. The zero-order chi connectivity index (χ0) is 19.8. The quantitative estimate of drug-likeness (QED) is 0.866. The molecule has 0 bridgehead atoms. The Morgan fingerprint density at radius 1 is 1.22 bits per heavy atom. The molecule has 2 heterocycles. The summed E-state index contributed by atoms with van der Waals surface area (Å²) in [5.74, 6) is -0.783. The number of amides is 2. The summed E-state index contributed by atoms with van der Waals surface area (Å²) < 4.78 is 38.8. The van der Waals surface area contributed by atoms with Crippen LogP contribution < -0.4 is 10.2 Å². The Morgan fingerprint density at radius 2 is 1.89 bits per heavy atom. The van der Waals surface area contributed by atoms with E-state index in [1.165, 1.54) is 11.0 Å². The molecule has 27 heavy (non-hydrogen) atoms. The fraction of sp³-hybridized carbons (Fsp3) is 0.556. The fourth-order valence-electron chi connectivity index (χ4n) is 3.51. The first kappa shape index (κ1) is 19.6. The minimum atomic E-state index is -4.52. The second kappa shape index (κ2) is 7.47. The zero-order valence-electron chi connectivity index (χ0n) is 15.3. The predicted molar refractivity (Wildman–Crippen MR) is 95.6 cm³/mol. The third kappa shape index (κ3) is 4.08. The Balaban J connectivity index is 1.81. The van der Waals surface area contributed by atoms with E-state index in [9.17, 15) is 22.8 Å². The van der Waals surface area contributed by atoms with Gasteiger partial charge in [-0.2, -0.15) is 13.2 Å². The van der Waals surface area contributed by atoms with E-state index in [0.29, 0.717) is 5.69 Å². The Hall–Kier alpha value is -2.13. The van der Waals surface area contributed by atoms with Crippen LogP contribution in [-0.2, 0) is 15.8 Å². The van der Waals surface area contributed by atoms with Crippen LogP contribution in [0.15, 0.2) is 18.2 Å². The number of rotatable bonds is 3. The number of piperazine rings is 1. The van der Waals surface area contributed by atoms with E-state index in [1.54, 1.807) is 6.92 Å². The number of carbonyl (C=O) groups is 2. The average molecular weight is 384 g/mol. The monoisotopic (exact) mass is 384 g/mol. The molecule has 1 atom stereocenters. The minimum absolute atomic E-state index is 0.0115. The van der Waals surface area contributed by atoms with Crippen LogP contribution in [0.5, 0.6) is 0 Å². The van der Waals surface area contributed by atoms with Crippen molar-refractivity contribution < 1.29 is 22.8 Å². The number of anilines is 2. The molecular formula is C18H23F3N4O2. The number of nitrogens with one attached hydrogen (secondary N) is 1. The molecule has 1 unspecified atom stereocenters. The van der Waals surface area contributed by atoms with Crippen molar-refractivity contribution >= 4 is 23.2 Å². The number of hydrogen-bond acceptors (Lipinski definition) is 4. The van der Waals surface area contributed by atoms with Gasteiger partial charge in [-0.05, 0) is 31.7 Å². The summed E-state index contributed by atoms with van der Waals surface area (Å²) in [5, 5.41) is 2.44. The van der Waals surface area contributed by atoms with Crippen molar-refractivity contribution in [1.29, 1.82) is 0 Å². The number of benzene rings is 1. The molecule has 6 nitrogen and oxygen atoms in total. The first-order valence-corrected chi connectivity index (χ1v) is 8.99. The van der Waals surface area contributed by atoms with Gasteiger partial charge in [0.15, 0.2) is 0 Å². The third-order valence-electron chi connectivity index (χ3n) is 5.22. The van der Waals surface area contributed by atoms with E-state index < -0.39 is 23.7 Å². The van der Waals surface area contributed by atoms with Crippen LogP contribution in [-0.4, -0.2) is 66.9 Å². The molecule has 2 aliphatic rings. The lowest BCUT2D eigenvalue weighted by Crippen LogP contribution is -2.56. The van der Waals surface area contributed by atoms with Crippen molar-refractivity contribution in [2.24, 2.45) is 0 Å². The average Bonchev–Trinajstić information content (AvgIpc) is 2.65. The molecule has 1 saturated heterocycles. The molecule has 2 aliphatic heterocycles. The lowest BCUT2D eigenvalue weighted by atomic mass is 10.1. The number of carbonyl (C=O) groups excluding carboxylic acids is 2. The molecule has 2 amide bonds. The van der Waals surface area contributed by atoms with Crippen molar-refractivity contribution in [2.45, 2.75) is 26.1 Å². The van der Waals surface area contributed by atoms with Crippen LogP contribution in [0.25, 0.3) is 0 Å². The maximum Gasteiger partial charge on any atom is 0.416 e. The number of nitrogens with zero attached hydrogens (tertiary/aromatic N) is 3. The van der Waals surface area contributed by atoms with Gasteiger partial charge in [-0.1, -0.05) is 6.92 Å². The molecule has 1 aromatic rings. The number of hydrogen-bond donors (Lipinski definition) is 1. The molecule has 0 aromatic heterocycles. The van der Waals surface area contributed by atoms with Crippen LogP contribution in [0.1, 0.15) is 19.4 Å². The van der Waals surface area contributed by atoms with Gasteiger partial charge in [0.05, 0.1) is 23.0 Å². The molecule has 0 radical (unpaired) electrons. The molecular weight excluding hydrogens is 361 g/mol. The van der Waals surface area contributed by atoms with Gasteiger partial charge in [0.25, 0.3) is 0 Å². The molecule has 0 aliphatic carbocycles. The molecule has 1 aromatic carbocycles. The van der Waals surface area contributed by atoms with E-state index in [-0.39, 0.29) is 18.1 Å². The van der Waals surface area contributed by atoms with Gasteiger partial charge in [0.1, 0.15) is 6.54 Å². The van der Waals surface area contributed by atoms with Crippen molar-refractivity contribution in [1.82, 2.24) is 9.80 Å². The number of alkyl halides is 3. The van der Waals surface area contributed by atoms with Crippen LogP contribution in [0.4, 0.5) is 24.5 Å². The van der Waals surface area contributed by atoms with E-state index in [2.05, 4.69) is 17.1 Å². The van der Waals surface area contributed by atoms with Crippen molar-refractivity contribution in [3.05, 3.63) is 23.8 Å². The Kier molecular flexibility index (Phi) is 5.43. The molecule has 0 spiro atoms. The Labute approximate surface area is 155 Å². The predicted octanol–water partition coefficient (Wildman–Crippen LogP) is 2.02. The van der Waals surface area contributed by atoms with Gasteiger partial charge >= 0.3 is 6.18 Å². The number of halogens is 3. The number of likely N-dealkylation sites (N-methyl/N-ethyl adjacent to an activating group) is 1. The minimum Gasteiger partial charge on any atom is -0.323 e. The standard InChI is InChI=1S/C18H23F3N4O2/c1-3-23-6-8-24(9-7-23)12(2)17(27)25-11-16(26)22-14-10-13(18(19,20)21)4-5-15(14)25/h4-5,10,12H,3,6-9,11H2,1-2H3,(H,22,26). The van der Waals surface area contributed by atoms with Gasteiger partial charge in [0, 0.05) is 26.2 Å². The lowest BCUT2D eigenvalue weighted by Gasteiger charge is -2.39. The zero-order valence-corrected chi connectivity index (χ0v) is 15.3. The van der Waals surface area contributed by atoms with Gasteiger partial charge < -0.3 is 10.2 Å². The highest BCUT2D eigenvalue weighted by molar-refractivity contribution is 6.11. The van der Waals surface area contributed by atoms with Gasteiger partial charge in [-0.15, -0.1) is 0 Å². The molecule has 1 N–H and O–H groups in total. The van der Waals surface area contributed by atoms with Crippen LogP contribution in [0.3, 0.4) is 0 Å². The first-order chi connectivity index (χ1) is 12.7. The van der Waals surface area contributed by atoms with E-state index in [4.69, 9.17) is 0 Å². The normalized spacial score (nSPS) is 20.2. The molecule has 3 rings (SSSR count). The highest BCUT2D eigenvalue weighted by Gasteiger charge is 2.36. The maximum absolute atomic E-state index is 13.0. The summed E-state index contributed by atoms with van der Waals surface area (Å²) in [6.07, 6.45) is -4.52. The summed E-state index contributed by atoms with van der Waals surface area (Å²) in [6, 6.07) is 2.60. The second-order valence-corrected chi connectivity index (χ2v) is 6.85. The van der Waals surface area contributed by atoms with Crippen molar-refractivity contribution in [3.63, 3.8) is 0 Å². The lowest BCUT2D eigenvalue weighted by molar-refractivity contribution is -0.137. The van der Waals surface area contributed by atoms with Crippen molar-refractivity contribution in [2.75, 3.05) is 49.5 Å². The SMILES string of the molecule is CCN1CCN(C(C)C(=O)N2CC(=O)Nc3cc(C(F)(F)F)ccc32)CC1. The second-order valence-electron chi connectivity index (χ2n) is 6.85. The maximum atomic E-state index is 13.0. The smallest absolute Gasteiger partial charge is 0.323 e. The fourth-order valence-corrected chi connectivity index (χ4v) is 3.51. The molecule has 1 fully saturated rings.